The first-order chi connectivity index (χ1) is 14.3. The fraction of sp³-hybridized carbons (Fsp3) is 0.391. The smallest absolute Gasteiger partial charge is 0.242 e. The van der Waals surface area contributed by atoms with E-state index in [0.29, 0.717) is 18.2 Å². The predicted octanol–water partition coefficient (Wildman–Crippen LogP) is 4.39. The van der Waals surface area contributed by atoms with E-state index in [1.807, 2.05) is 13.8 Å². The summed E-state index contributed by atoms with van der Waals surface area (Å²) in [5, 5.41) is 2.86. The van der Waals surface area contributed by atoms with Crippen molar-refractivity contribution in [2.45, 2.75) is 39.1 Å². The summed E-state index contributed by atoms with van der Waals surface area (Å²) in [4.78, 5) is 27.0. The number of benzene rings is 2. The number of nitrogens with one attached hydrogen (secondary N) is 1. The highest BCUT2D eigenvalue weighted by Crippen LogP contribution is 2.16. The molecule has 2 aromatic carbocycles. The van der Waals surface area contributed by atoms with E-state index in [-0.39, 0.29) is 35.7 Å². The van der Waals surface area contributed by atoms with E-state index < -0.39 is 6.04 Å². The van der Waals surface area contributed by atoms with Crippen LogP contribution < -0.4 is 5.32 Å². The second kappa shape index (κ2) is 11.7. The number of halogens is 2. The fourth-order valence-electron chi connectivity index (χ4n) is 2.74. The van der Waals surface area contributed by atoms with E-state index in [1.165, 1.54) is 40.9 Å². The average Bonchev–Trinajstić information content (AvgIpc) is 2.72. The third-order valence-corrected chi connectivity index (χ3v) is 5.51. The fourth-order valence-corrected chi connectivity index (χ4v) is 3.61. The van der Waals surface area contributed by atoms with Gasteiger partial charge >= 0.3 is 0 Å². The number of hydrogen-bond donors (Lipinski definition) is 1. The Bertz CT molecular complexity index is 826. The van der Waals surface area contributed by atoms with E-state index >= 15 is 0 Å². The molecule has 0 aliphatic rings. The monoisotopic (exact) mass is 434 g/mol. The molecule has 0 saturated heterocycles. The van der Waals surface area contributed by atoms with Gasteiger partial charge < -0.3 is 10.2 Å². The van der Waals surface area contributed by atoms with Gasteiger partial charge in [0.25, 0.3) is 0 Å². The zero-order valence-corrected chi connectivity index (χ0v) is 18.3. The first kappa shape index (κ1) is 23.9. The summed E-state index contributed by atoms with van der Waals surface area (Å²) in [6.45, 7) is 6.44. The average molecular weight is 435 g/mol. The van der Waals surface area contributed by atoms with Crippen LogP contribution in [0.4, 0.5) is 8.78 Å². The Hall–Kier alpha value is -2.41. The van der Waals surface area contributed by atoms with Crippen molar-refractivity contribution in [2.24, 2.45) is 5.92 Å². The van der Waals surface area contributed by atoms with Gasteiger partial charge in [-0.15, -0.1) is 11.8 Å². The number of nitrogens with zero attached hydrogens (tertiary/aromatic N) is 1. The van der Waals surface area contributed by atoms with Crippen LogP contribution in [0.25, 0.3) is 0 Å². The van der Waals surface area contributed by atoms with Crippen molar-refractivity contribution in [3.05, 3.63) is 71.3 Å². The quantitative estimate of drug-likeness (QED) is 0.604. The molecule has 0 aliphatic heterocycles. The topological polar surface area (TPSA) is 49.4 Å². The van der Waals surface area contributed by atoms with E-state index in [9.17, 15) is 18.4 Å². The number of hydrogen-bond acceptors (Lipinski definition) is 3. The van der Waals surface area contributed by atoms with Crippen LogP contribution in [0.15, 0.2) is 48.5 Å². The first-order valence-corrected chi connectivity index (χ1v) is 11.1. The van der Waals surface area contributed by atoms with E-state index in [2.05, 4.69) is 5.32 Å². The Labute approximate surface area is 181 Å². The summed E-state index contributed by atoms with van der Waals surface area (Å²) in [5.74, 6) is -0.0132. The molecule has 1 atom stereocenters. The molecule has 2 rings (SSSR count). The lowest BCUT2D eigenvalue weighted by atomic mass is 10.1. The number of thioether (sulfide) groups is 1. The van der Waals surface area contributed by atoms with Crippen LogP contribution in [-0.2, 0) is 21.9 Å². The Balaban J connectivity index is 2.04. The van der Waals surface area contributed by atoms with Gasteiger partial charge in [-0.1, -0.05) is 38.1 Å². The molecule has 162 valence electrons. The van der Waals surface area contributed by atoms with Crippen molar-refractivity contribution < 1.29 is 18.4 Å². The van der Waals surface area contributed by atoms with Crippen LogP contribution in [0, 0.1) is 17.6 Å². The standard InChI is InChI=1S/C23H28F2N2O2S/c1-16(2)12-26-23(29)17(3)27(13-18-4-8-20(24)9-5-18)22(28)15-30-14-19-6-10-21(25)11-7-19/h4-11,16-17H,12-15H2,1-3H3,(H,26,29)/t17-/m1/s1. The normalized spacial score (nSPS) is 11.9. The van der Waals surface area contributed by atoms with Crippen LogP contribution in [0.5, 0.6) is 0 Å². The molecular weight excluding hydrogens is 406 g/mol. The highest BCUT2D eigenvalue weighted by atomic mass is 32.2. The summed E-state index contributed by atoms with van der Waals surface area (Å²) in [6.07, 6.45) is 0. The minimum absolute atomic E-state index is 0.181. The molecule has 0 radical (unpaired) electrons. The molecule has 0 unspecified atom stereocenters. The van der Waals surface area contributed by atoms with E-state index in [4.69, 9.17) is 0 Å². The third-order valence-electron chi connectivity index (χ3n) is 4.53. The van der Waals surface area contributed by atoms with Crippen molar-refractivity contribution in [1.29, 1.82) is 0 Å². The minimum Gasteiger partial charge on any atom is -0.354 e. The largest absolute Gasteiger partial charge is 0.354 e. The zero-order chi connectivity index (χ0) is 22.1. The molecular formula is C23H28F2N2O2S. The zero-order valence-electron chi connectivity index (χ0n) is 17.5. The number of carbonyl (C=O) groups excluding carboxylic acids is 2. The van der Waals surface area contributed by atoms with Gasteiger partial charge in [-0.2, -0.15) is 0 Å². The maximum absolute atomic E-state index is 13.2. The number of amides is 2. The van der Waals surface area contributed by atoms with Crippen molar-refractivity contribution >= 4 is 23.6 Å². The first-order valence-electron chi connectivity index (χ1n) is 9.90. The van der Waals surface area contributed by atoms with Gasteiger partial charge in [0, 0.05) is 18.8 Å². The minimum atomic E-state index is -0.660. The lowest BCUT2D eigenvalue weighted by Crippen LogP contribution is -2.48. The summed E-state index contributed by atoms with van der Waals surface area (Å²) >= 11 is 1.40. The summed E-state index contributed by atoms with van der Waals surface area (Å²) in [6, 6.07) is 11.4. The Kier molecular flexibility index (Phi) is 9.30. The van der Waals surface area contributed by atoms with Crippen LogP contribution in [0.1, 0.15) is 31.9 Å². The molecule has 2 aromatic rings. The van der Waals surface area contributed by atoms with Crippen LogP contribution in [0.2, 0.25) is 0 Å². The van der Waals surface area contributed by atoms with Gasteiger partial charge in [0.05, 0.1) is 5.75 Å². The highest BCUT2D eigenvalue weighted by Gasteiger charge is 2.26. The SMILES string of the molecule is CC(C)CNC(=O)[C@@H](C)N(Cc1ccc(F)cc1)C(=O)CSCc1ccc(F)cc1. The van der Waals surface area contributed by atoms with Gasteiger partial charge in [-0.3, -0.25) is 9.59 Å². The lowest BCUT2D eigenvalue weighted by Gasteiger charge is -2.29. The molecule has 4 nitrogen and oxygen atoms in total. The van der Waals surface area contributed by atoms with Crippen molar-refractivity contribution in [3.8, 4) is 0 Å². The summed E-state index contributed by atoms with van der Waals surface area (Å²) in [5.41, 5.74) is 1.67. The van der Waals surface area contributed by atoms with Gasteiger partial charge in [0.2, 0.25) is 11.8 Å². The Morgan fingerprint density at radius 1 is 0.933 bits per heavy atom. The molecule has 0 aliphatic carbocycles. The molecule has 1 N–H and O–H groups in total. The van der Waals surface area contributed by atoms with Gasteiger partial charge in [-0.25, -0.2) is 8.78 Å². The maximum Gasteiger partial charge on any atom is 0.242 e. The summed E-state index contributed by atoms with van der Waals surface area (Å²) < 4.78 is 26.2. The lowest BCUT2D eigenvalue weighted by molar-refractivity contribution is -0.138. The Morgan fingerprint density at radius 3 is 2.00 bits per heavy atom. The van der Waals surface area contributed by atoms with Gasteiger partial charge in [0.1, 0.15) is 17.7 Å². The van der Waals surface area contributed by atoms with E-state index in [1.54, 1.807) is 31.2 Å². The van der Waals surface area contributed by atoms with Crippen molar-refractivity contribution in [1.82, 2.24) is 10.2 Å². The molecule has 0 bridgehead atoms. The van der Waals surface area contributed by atoms with Crippen molar-refractivity contribution in [3.63, 3.8) is 0 Å². The predicted molar refractivity (Wildman–Crippen MR) is 117 cm³/mol. The van der Waals surface area contributed by atoms with Gasteiger partial charge in [-0.05, 0) is 48.2 Å². The summed E-state index contributed by atoms with van der Waals surface area (Å²) in [7, 11) is 0. The van der Waals surface area contributed by atoms with Crippen LogP contribution in [0.3, 0.4) is 0 Å². The second-order valence-corrected chi connectivity index (χ2v) is 8.57. The molecule has 0 fully saturated rings. The molecule has 7 heteroatoms. The van der Waals surface area contributed by atoms with Gasteiger partial charge in [0.15, 0.2) is 0 Å². The third kappa shape index (κ3) is 7.78. The van der Waals surface area contributed by atoms with Crippen LogP contribution >= 0.6 is 11.8 Å². The molecule has 2 amide bonds. The number of carbonyl (C=O) groups is 2. The van der Waals surface area contributed by atoms with Crippen LogP contribution in [-0.4, -0.2) is 35.1 Å². The molecule has 0 heterocycles. The van der Waals surface area contributed by atoms with E-state index in [0.717, 1.165) is 11.1 Å². The molecule has 0 saturated carbocycles. The molecule has 0 aromatic heterocycles. The molecule has 30 heavy (non-hydrogen) atoms. The Morgan fingerprint density at radius 2 is 1.47 bits per heavy atom. The second-order valence-electron chi connectivity index (χ2n) is 7.58. The van der Waals surface area contributed by atoms with Crippen molar-refractivity contribution in [2.75, 3.05) is 12.3 Å². The number of rotatable bonds is 10. The maximum atomic E-state index is 13.2. The highest BCUT2D eigenvalue weighted by molar-refractivity contribution is 7.99. The molecule has 0 spiro atoms.